The molecule has 2 saturated carbocycles. The number of fused-ring (bicyclic) bond motifs is 4. The smallest absolute Gasteiger partial charge is 0.184 e. The number of nitrogens with zero attached hydrogens (tertiary/aromatic N) is 1. The number of benzene rings is 1. The first-order valence-electron chi connectivity index (χ1n) is 12.3. The molecule has 4 aliphatic carbocycles. The van der Waals surface area contributed by atoms with Crippen LogP contribution in [-0.4, -0.2) is 44.1 Å². The lowest BCUT2D eigenvalue weighted by molar-refractivity contribution is -0.124. The molecule has 0 spiro atoms. The molecule has 5 rings (SSSR count). The third kappa shape index (κ3) is 3.70. The number of oxime groups is 1. The third-order valence-electron chi connectivity index (χ3n) is 9.19. The van der Waals surface area contributed by atoms with E-state index in [1.807, 2.05) is 25.3 Å². The molecular formula is C28H35NO4. The Kier molecular flexibility index (Phi) is 6.04. The van der Waals surface area contributed by atoms with Crippen molar-refractivity contribution in [2.24, 2.45) is 28.3 Å². The van der Waals surface area contributed by atoms with E-state index in [0.717, 1.165) is 31.4 Å². The van der Waals surface area contributed by atoms with Gasteiger partial charge in [-0.2, -0.15) is 0 Å². The van der Waals surface area contributed by atoms with E-state index in [1.54, 1.807) is 12.7 Å². The molecule has 4 aliphatic rings. The number of ether oxygens (including phenoxy) is 2. The monoisotopic (exact) mass is 449 g/mol. The summed E-state index contributed by atoms with van der Waals surface area (Å²) in [5, 5.41) is 12.1. The summed E-state index contributed by atoms with van der Waals surface area (Å²) in [7, 11) is 3.48. The van der Waals surface area contributed by atoms with Crippen LogP contribution in [0.3, 0.4) is 0 Å². The Balaban J connectivity index is 1.63. The van der Waals surface area contributed by atoms with Crippen LogP contribution < -0.4 is 0 Å². The van der Waals surface area contributed by atoms with Gasteiger partial charge < -0.3 is 14.7 Å². The van der Waals surface area contributed by atoms with E-state index in [-0.39, 0.29) is 17.3 Å². The SMILES string of the molecule is COC[C@@H]1CC[C@H]2[C@@H]3CCC4=CC(=O)C(OC)CC4=C3[C@@H](c3ccc(C=NO)cc3)C[C@]12C. The average Bonchev–Trinajstić information content (AvgIpc) is 3.15. The van der Waals surface area contributed by atoms with Crippen LogP contribution in [0.2, 0.25) is 0 Å². The molecule has 0 aliphatic heterocycles. The van der Waals surface area contributed by atoms with Gasteiger partial charge in [-0.1, -0.05) is 41.9 Å². The van der Waals surface area contributed by atoms with Gasteiger partial charge in [0.05, 0.1) is 6.21 Å². The van der Waals surface area contributed by atoms with Gasteiger partial charge in [-0.3, -0.25) is 4.79 Å². The van der Waals surface area contributed by atoms with Crippen LogP contribution >= 0.6 is 0 Å². The number of ketones is 1. The molecule has 1 aromatic carbocycles. The highest BCUT2D eigenvalue weighted by molar-refractivity contribution is 5.97. The third-order valence-corrected chi connectivity index (χ3v) is 9.19. The highest BCUT2D eigenvalue weighted by Crippen LogP contribution is 2.65. The summed E-state index contributed by atoms with van der Waals surface area (Å²) < 4.78 is 11.3. The molecule has 0 saturated heterocycles. The van der Waals surface area contributed by atoms with Crippen molar-refractivity contribution in [3.8, 4) is 0 Å². The fourth-order valence-electron chi connectivity index (χ4n) is 7.60. The van der Waals surface area contributed by atoms with Crippen molar-refractivity contribution in [1.82, 2.24) is 0 Å². The minimum Gasteiger partial charge on any atom is -0.411 e. The predicted molar refractivity (Wildman–Crippen MR) is 128 cm³/mol. The number of hydrogen-bond donors (Lipinski definition) is 1. The molecule has 0 amide bonds. The Morgan fingerprint density at radius 1 is 1.18 bits per heavy atom. The topological polar surface area (TPSA) is 68.1 Å². The first-order valence-corrected chi connectivity index (χ1v) is 12.3. The van der Waals surface area contributed by atoms with E-state index in [1.165, 1.54) is 35.8 Å². The summed E-state index contributed by atoms with van der Waals surface area (Å²) in [6.45, 7) is 3.33. The molecule has 6 atom stereocenters. The predicted octanol–water partition coefficient (Wildman–Crippen LogP) is 5.28. The molecule has 33 heavy (non-hydrogen) atoms. The quantitative estimate of drug-likeness (QED) is 0.377. The van der Waals surface area contributed by atoms with Crippen LogP contribution in [0.15, 0.2) is 52.2 Å². The standard InChI is InChI=1S/C28H35NO4/c1-28-14-23(18-6-4-17(5-7-18)15-29-31)27-21(24(28)11-9-20(28)16-32-2)10-8-19-12-25(30)26(33-3)13-22(19)27/h4-7,12,15,20-21,23-24,26,31H,8-11,13-14,16H2,1-3H3/t20-,21-,23+,24-,26?,28+/m0/s1. The van der Waals surface area contributed by atoms with Gasteiger partial charge in [0, 0.05) is 33.2 Å². The Morgan fingerprint density at radius 3 is 2.67 bits per heavy atom. The van der Waals surface area contributed by atoms with Crippen LogP contribution in [0.25, 0.3) is 0 Å². The maximum atomic E-state index is 12.6. The first-order chi connectivity index (χ1) is 16.0. The highest BCUT2D eigenvalue weighted by atomic mass is 16.5. The second-order valence-electron chi connectivity index (χ2n) is 10.6. The summed E-state index contributed by atoms with van der Waals surface area (Å²) in [6.07, 6.45) is 9.38. The van der Waals surface area contributed by atoms with Crippen molar-refractivity contribution in [3.05, 3.63) is 58.2 Å². The van der Waals surface area contributed by atoms with E-state index >= 15 is 0 Å². The molecule has 1 unspecified atom stereocenters. The van der Waals surface area contributed by atoms with Crippen LogP contribution in [0, 0.1) is 23.2 Å². The number of rotatable bonds is 5. The molecule has 1 N–H and O–H groups in total. The lowest BCUT2D eigenvalue weighted by Gasteiger charge is -2.53. The van der Waals surface area contributed by atoms with Gasteiger partial charge in [0.1, 0.15) is 6.10 Å². The average molecular weight is 450 g/mol. The van der Waals surface area contributed by atoms with Crippen molar-refractivity contribution in [2.45, 2.75) is 57.5 Å². The van der Waals surface area contributed by atoms with Crippen molar-refractivity contribution in [3.63, 3.8) is 0 Å². The van der Waals surface area contributed by atoms with Crippen molar-refractivity contribution in [1.29, 1.82) is 0 Å². The molecule has 0 bridgehead atoms. The van der Waals surface area contributed by atoms with Gasteiger partial charge in [0.15, 0.2) is 5.78 Å². The second-order valence-corrected chi connectivity index (χ2v) is 10.6. The maximum absolute atomic E-state index is 12.6. The zero-order chi connectivity index (χ0) is 23.2. The molecular weight excluding hydrogens is 414 g/mol. The highest BCUT2D eigenvalue weighted by Gasteiger charge is 2.56. The number of carbonyl (C=O) groups is 1. The minimum absolute atomic E-state index is 0.112. The van der Waals surface area contributed by atoms with Crippen molar-refractivity contribution in [2.75, 3.05) is 20.8 Å². The Hall–Kier alpha value is -2.24. The number of allylic oxidation sites excluding steroid dienone is 2. The van der Waals surface area contributed by atoms with E-state index in [9.17, 15) is 4.79 Å². The van der Waals surface area contributed by atoms with Crippen molar-refractivity contribution >= 4 is 12.0 Å². The van der Waals surface area contributed by atoms with E-state index in [2.05, 4.69) is 24.2 Å². The second kappa shape index (κ2) is 8.84. The Labute approximate surface area is 196 Å². The van der Waals surface area contributed by atoms with Crippen LogP contribution in [0.4, 0.5) is 0 Å². The van der Waals surface area contributed by atoms with E-state index in [0.29, 0.717) is 30.1 Å². The van der Waals surface area contributed by atoms with Crippen molar-refractivity contribution < 1.29 is 19.5 Å². The molecule has 5 heteroatoms. The largest absolute Gasteiger partial charge is 0.411 e. The Bertz CT molecular complexity index is 1010. The summed E-state index contributed by atoms with van der Waals surface area (Å²) in [5.41, 5.74) is 6.64. The van der Waals surface area contributed by atoms with Crippen LogP contribution in [0.1, 0.15) is 62.5 Å². The fourth-order valence-corrected chi connectivity index (χ4v) is 7.60. The van der Waals surface area contributed by atoms with Gasteiger partial charge >= 0.3 is 0 Å². The minimum atomic E-state index is -0.364. The maximum Gasteiger partial charge on any atom is 0.184 e. The van der Waals surface area contributed by atoms with Gasteiger partial charge in [-0.15, -0.1) is 0 Å². The van der Waals surface area contributed by atoms with E-state index < -0.39 is 0 Å². The summed E-state index contributed by atoms with van der Waals surface area (Å²) >= 11 is 0. The number of hydrogen-bond acceptors (Lipinski definition) is 5. The molecule has 2 fully saturated rings. The fraction of sp³-hybridized carbons (Fsp3) is 0.571. The number of carbonyl (C=O) groups excluding carboxylic acids is 1. The van der Waals surface area contributed by atoms with E-state index in [4.69, 9.17) is 14.7 Å². The van der Waals surface area contributed by atoms with Gasteiger partial charge in [0.2, 0.25) is 0 Å². The van der Waals surface area contributed by atoms with Crippen LogP contribution in [-0.2, 0) is 14.3 Å². The van der Waals surface area contributed by atoms with Gasteiger partial charge in [-0.05, 0) is 83.6 Å². The van der Waals surface area contributed by atoms with Gasteiger partial charge in [0.25, 0.3) is 0 Å². The summed E-state index contributed by atoms with van der Waals surface area (Å²) in [6, 6.07) is 8.45. The van der Waals surface area contributed by atoms with Gasteiger partial charge in [-0.25, -0.2) is 0 Å². The molecule has 0 radical (unpaired) electrons. The zero-order valence-corrected chi connectivity index (χ0v) is 19.9. The zero-order valence-electron chi connectivity index (χ0n) is 19.9. The molecule has 1 aromatic rings. The molecule has 5 nitrogen and oxygen atoms in total. The first kappa shape index (κ1) is 22.5. The normalized spacial score (nSPS) is 35.9. The summed E-state index contributed by atoms with van der Waals surface area (Å²) in [4.78, 5) is 12.6. The summed E-state index contributed by atoms with van der Waals surface area (Å²) in [5.74, 6) is 2.22. The lowest BCUT2D eigenvalue weighted by atomic mass is 9.52. The molecule has 0 heterocycles. The Morgan fingerprint density at radius 2 is 1.97 bits per heavy atom. The lowest BCUT2D eigenvalue weighted by Crippen LogP contribution is -2.44. The number of methoxy groups -OCH3 is 2. The van der Waals surface area contributed by atoms with Crippen LogP contribution in [0.5, 0.6) is 0 Å². The molecule has 176 valence electrons. The molecule has 0 aromatic heterocycles.